The van der Waals surface area contributed by atoms with E-state index in [2.05, 4.69) is 25.1 Å². The van der Waals surface area contributed by atoms with Crippen LogP contribution in [0.15, 0.2) is 18.2 Å². The van der Waals surface area contributed by atoms with Crippen molar-refractivity contribution in [1.82, 2.24) is 0 Å². The van der Waals surface area contributed by atoms with Crippen molar-refractivity contribution in [2.75, 3.05) is 0 Å². The molecule has 1 aromatic carbocycles. The number of benzene rings is 1. The van der Waals surface area contributed by atoms with Gasteiger partial charge < -0.3 is 5.73 Å². The first-order chi connectivity index (χ1) is 8.21. The standard InChI is InChI=1S/C16H23N/c1-2-12-3-4-13-10-16(11-14(13)9-12)7-5-15(17)6-8-16/h3-4,9,15H,2,5-8,10-11,17H2,1H3. The fourth-order valence-corrected chi connectivity index (χ4v) is 3.71. The van der Waals surface area contributed by atoms with Gasteiger partial charge in [-0.05, 0) is 67.1 Å². The monoisotopic (exact) mass is 229 g/mol. The second-order valence-corrected chi connectivity index (χ2v) is 6.15. The summed E-state index contributed by atoms with van der Waals surface area (Å²) in [6.07, 6.45) is 8.91. The molecule has 0 saturated heterocycles. The van der Waals surface area contributed by atoms with E-state index in [1.54, 1.807) is 11.1 Å². The topological polar surface area (TPSA) is 26.0 Å². The molecule has 1 heteroatoms. The zero-order chi connectivity index (χ0) is 11.9. The maximum Gasteiger partial charge on any atom is 0.00392 e. The summed E-state index contributed by atoms with van der Waals surface area (Å²) < 4.78 is 0. The maximum absolute atomic E-state index is 6.04. The first kappa shape index (κ1) is 11.3. The van der Waals surface area contributed by atoms with Crippen molar-refractivity contribution in [2.24, 2.45) is 11.1 Å². The highest BCUT2D eigenvalue weighted by molar-refractivity contribution is 5.38. The molecule has 1 aromatic rings. The Morgan fingerprint density at radius 1 is 1.18 bits per heavy atom. The molecular formula is C16H23N. The third kappa shape index (κ3) is 2.01. The molecule has 0 aliphatic heterocycles. The van der Waals surface area contributed by atoms with E-state index in [-0.39, 0.29) is 0 Å². The smallest absolute Gasteiger partial charge is 0.00392 e. The molecule has 0 unspecified atom stereocenters. The van der Waals surface area contributed by atoms with Gasteiger partial charge in [0.1, 0.15) is 0 Å². The lowest BCUT2D eigenvalue weighted by molar-refractivity contribution is 0.187. The molecule has 2 N–H and O–H groups in total. The summed E-state index contributed by atoms with van der Waals surface area (Å²) >= 11 is 0. The molecular weight excluding hydrogens is 206 g/mol. The highest BCUT2D eigenvalue weighted by Gasteiger charge is 2.39. The van der Waals surface area contributed by atoms with Crippen LogP contribution in [0, 0.1) is 5.41 Å². The van der Waals surface area contributed by atoms with Crippen molar-refractivity contribution >= 4 is 0 Å². The highest BCUT2D eigenvalue weighted by Crippen LogP contribution is 2.47. The third-order valence-corrected chi connectivity index (χ3v) is 4.90. The Kier molecular flexibility index (Phi) is 2.74. The zero-order valence-corrected chi connectivity index (χ0v) is 10.8. The number of aryl methyl sites for hydroxylation is 1. The van der Waals surface area contributed by atoms with Gasteiger partial charge in [-0.2, -0.15) is 0 Å². The second kappa shape index (κ2) is 4.13. The number of nitrogens with two attached hydrogens (primary N) is 1. The molecule has 1 nitrogen and oxygen atoms in total. The highest BCUT2D eigenvalue weighted by atomic mass is 14.6. The molecule has 1 fully saturated rings. The Labute approximate surface area is 104 Å². The average molecular weight is 229 g/mol. The summed E-state index contributed by atoms with van der Waals surface area (Å²) in [6.45, 7) is 2.24. The maximum atomic E-state index is 6.04. The number of hydrogen-bond donors (Lipinski definition) is 1. The fourth-order valence-electron chi connectivity index (χ4n) is 3.71. The number of hydrogen-bond acceptors (Lipinski definition) is 1. The lowest BCUT2D eigenvalue weighted by Gasteiger charge is -2.36. The van der Waals surface area contributed by atoms with Crippen molar-refractivity contribution in [3.63, 3.8) is 0 Å². The van der Waals surface area contributed by atoms with Gasteiger partial charge in [0.2, 0.25) is 0 Å². The van der Waals surface area contributed by atoms with Gasteiger partial charge in [-0.1, -0.05) is 25.1 Å². The Morgan fingerprint density at radius 2 is 1.88 bits per heavy atom. The normalized spacial score (nSPS) is 31.8. The summed E-state index contributed by atoms with van der Waals surface area (Å²) in [4.78, 5) is 0. The van der Waals surface area contributed by atoms with E-state index in [0.29, 0.717) is 11.5 Å². The Balaban J connectivity index is 1.82. The van der Waals surface area contributed by atoms with Gasteiger partial charge in [-0.25, -0.2) is 0 Å². The Bertz CT molecular complexity index is 414. The molecule has 3 rings (SSSR count). The summed E-state index contributed by atoms with van der Waals surface area (Å²) in [5.41, 5.74) is 11.3. The average Bonchev–Trinajstić information content (AvgIpc) is 2.70. The minimum Gasteiger partial charge on any atom is -0.328 e. The van der Waals surface area contributed by atoms with Crippen molar-refractivity contribution in [3.8, 4) is 0 Å². The molecule has 0 heterocycles. The lowest BCUT2D eigenvalue weighted by atomic mass is 9.71. The molecule has 2 aliphatic carbocycles. The van der Waals surface area contributed by atoms with Gasteiger partial charge >= 0.3 is 0 Å². The van der Waals surface area contributed by atoms with Crippen LogP contribution in [0.3, 0.4) is 0 Å². The van der Waals surface area contributed by atoms with E-state index in [0.717, 1.165) is 6.42 Å². The van der Waals surface area contributed by atoms with Gasteiger partial charge in [-0.15, -0.1) is 0 Å². The summed E-state index contributed by atoms with van der Waals surface area (Å²) in [6, 6.07) is 7.60. The fraction of sp³-hybridized carbons (Fsp3) is 0.625. The van der Waals surface area contributed by atoms with E-state index in [9.17, 15) is 0 Å². The predicted molar refractivity (Wildman–Crippen MR) is 72.1 cm³/mol. The molecule has 0 atom stereocenters. The minimum atomic E-state index is 0.468. The molecule has 0 radical (unpaired) electrons. The molecule has 2 aliphatic rings. The molecule has 1 saturated carbocycles. The predicted octanol–water partition coefficient (Wildman–Crippen LogP) is 3.24. The van der Waals surface area contributed by atoms with Gasteiger partial charge in [0, 0.05) is 6.04 Å². The SMILES string of the molecule is CCc1ccc2c(c1)CC1(CCC(N)CC1)C2. The van der Waals surface area contributed by atoms with Crippen LogP contribution in [0.5, 0.6) is 0 Å². The Hall–Kier alpha value is -0.820. The quantitative estimate of drug-likeness (QED) is 0.786. The van der Waals surface area contributed by atoms with Gasteiger partial charge in [0.15, 0.2) is 0 Å². The number of fused-ring (bicyclic) bond motifs is 1. The van der Waals surface area contributed by atoms with Crippen LogP contribution in [0.25, 0.3) is 0 Å². The van der Waals surface area contributed by atoms with Crippen LogP contribution in [-0.4, -0.2) is 6.04 Å². The van der Waals surface area contributed by atoms with E-state index in [4.69, 9.17) is 5.73 Å². The van der Waals surface area contributed by atoms with Gasteiger partial charge in [0.25, 0.3) is 0 Å². The van der Waals surface area contributed by atoms with E-state index < -0.39 is 0 Å². The van der Waals surface area contributed by atoms with Gasteiger partial charge in [0.05, 0.1) is 0 Å². The molecule has 0 amide bonds. The van der Waals surface area contributed by atoms with Crippen LogP contribution in [0.4, 0.5) is 0 Å². The van der Waals surface area contributed by atoms with Crippen LogP contribution >= 0.6 is 0 Å². The zero-order valence-electron chi connectivity index (χ0n) is 10.8. The van der Waals surface area contributed by atoms with Crippen molar-refractivity contribution in [3.05, 3.63) is 34.9 Å². The van der Waals surface area contributed by atoms with Gasteiger partial charge in [-0.3, -0.25) is 0 Å². The lowest BCUT2D eigenvalue weighted by Crippen LogP contribution is -2.34. The number of rotatable bonds is 1. The van der Waals surface area contributed by atoms with Crippen LogP contribution < -0.4 is 5.73 Å². The van der Waals surface area contributed by atoms with Crippen LogP contribution in [0.1, 0.15) is 49.3 Å². The molecule has 17 heavy (non-hydrogen) atoms. The molecule has 1 spiro atoms. The van der Waals surface area contributed by atoms with E-state index >= 15 is 0 Å². The Morgan fingerprint density at radius 3 is 2.59 bits per heavy atom. The first-order valence-corrected chi connectivity index (χ1v) is 7.07. The van der Waals surface area contributed by atoms with E-state index in [1.165, 1.54) is 44.1 Å². The molecule has 92 valence electrons. The van der Waals surface area contributed by atoms with Crippen LogP contribution in [0.2, 0.25) is 0 Å². The summed E-state index contributed by atoms with van der Waals surface area (Å²) in [7, 11) is 0. The van der Waals surface area contributed by atoms with Crippen LogP contribution in [-0.2, 0) is 19.3 Å². The third-order valence-electron chi connectivity index (χ3n) is 4.90. The summed E-state index contributed by atoms with van der Waals surface area (Å²) in [5.74, 6) is 0. The first-order valence-electron chi connectivity index (χ1n) is 7.07. The molecule has 0 bridgehead atoms. The van der Waals surface area contributed by atoms with Crippen molar-refractivity contribution in [1.29, 1.82) is 0 Å². The summed E-state index contributed by atoms with van der Waals surface area (Å²) in [5, 5.41) is 0. The van der Waals surface area contributed by atoms with Crippen molar-refractivity contribution in [2.45, 2.75) is 57.9 Å². The van der Waals surface area contributed by atoms with E-state index in [1.807, 2.05) is 0 Å². The van der Waals surface area contributed by atoms with Crippen molar-refractivity contribution < 1.29 is 0 Å². The largest absolute Gasteiger partial charge is 0.328 e. The second-order valence-electron chi connectivity index (χ2n) is 6.15. The minimum absolute atomic E-state index is 0.468. The molecule has 0 aromatic heterocycles.